The standard InChI is InChI=1S/C23H14Cl2F3N3O2S2/c24-16-6-4-12(8-17(16)25)21(33)30-15-5-7-18-19(10-15)35-22(31-18)34-11-20(32)29-14-3-1-2-13(9-14)23(26,27)28/h1-10H,11H2,(H,29,32)(H,30,33). The minimum Gasteiger partial charge on any atom is -0.325 e. The molecule has 4 aromatic rings. The van der Waals surface area contributed by atoms with Crippen LogP contribution in [0.3, 0.4) is 0 Å². The van der Waals surface area contributed by atoms with E-state index in [0.717, 1.165) is 28.6 Å². The summed E-state index contributed by atoms with van der Waals surface area (Å²) < 4.78 is 39.9. The average molecular weight is 556 g/mol. The van der Waals surface area contributed by atoms with Crippen LogP contribution in [-0.4, -0.2) is 22.6 Å². The van der Waals surface area contributed by atoms with E-state index >= 15 is 0 Å². The Morgan fingerprint density at radius 1 is 0.943 bits per heavy atom. The zero-order chi connectivity index (χ0) is 25.2. The molecule has 0 aliphatic rings. The van der Waals surface area contributed by atoms with Gasteiger partial charge >= 0.3 is 6.18 Å². The van der Waals surface area contributed by atoms with Gasteiger partial charge in [0.25, 0.3) is 5.91 Å². The lowest BCUT2D eigenvalue weighted by Crippen LogP contribution is -2.14. The zero-order valence-corrected chi connectivity index (χ0v) is 20.6. The normalized spacial score (nSPS) is 11.5. The third-order valence-electron chi connectivity index (χ3n) is 4.61. The lowest BCUT2D eigenvalue weighted by Gasteiger charge is -2.09. The van der Waals surface area contributed by atoms with E-state index < -0.39 is 17.6 Å². The SMILES string of the molecule is O=C(CSc1nc2ccc(NC(=O)c3ccc(Cl)c(Cl)c3)cc2s1)Nc1cccc(C(F)(F)F)c1. The molecule has 4 rings (SSSR count). The van der Waals surface area contributed by atoms with Crippen LogP contribution in [0.4, 0.5) is 24.5 Å². The molecule has 2 amide bonds. The second-order valence-electron chi connectivity index (χ2n) is 7.16. The first kappa shape index (κ1) is 25.3. The highest BCUT2D eigenvalue weighted by atomic mass is 35.5. The summed E-state index contributed by atoms with van der Waals surface area (Å²) in [7, 11) is 0. The summed E-state index contributed by atoms with van der Waals surface area (Å²) in [6.07, 6.45) is -4.49. The monoisotopic (exact) mass is 555 g/mol. The third kappa shape index (κ3) is 6.46. The number of thioether (sulfide) groups is 1. The number of amides is 2. The molecular formula is C23H14Cl2F3N3O2S2. The van der Waals surface area contributed by atoms with Gasteiger partial charge in [-0.25, -0.2) is 4.98 Å². The quantitative estimate of drug-likeness (QED) is 0.240. The highest BCUT2D eigenvalue weighted by Gasteiger charge is 2.30. The third-order valence-corrected chi connectivity index (χ3v) is 7.51. The maximum atomic E-state index is 12.8. The van der Waals surface area contributed by atoms with Gasteiger partial charge < -0.3 is 10.6 Å². The van der Waals surface area contributed by atoms with Crippen LogP contribution in [0.25, 0.3) is 10.2 Å². The fourth-order valence-corrected chi connectivity index (χ4v) is 5.19. The summed E-state index contributed by atoms with van der Waals surface area (Å²) in [5, 5.41) is 5.87. The predicted molar refractivity (Wildman–Crippen MR) is 135 cm³/mol. The number of nitrogens with zero attached hydrogens (tertiary/aromatic N) is 1. The predicted octanol–water partition coefficient (Wildman–Crippen LogP) is 7.61. The van der Waals surface area contributed by atoms with Crippen LogP contribution >= 0.6 is 46.3 Å². The van der Waals surface area contributed by atoms with Crippen LogP contribution in [0.15, 0.2) is 65.0 Å². The number of hydrogen-bond donors (Lipinski definition) is 2. The largest absolute Gasteiger partial charge is 0.416 e. The number of benzene rings is 3. The number of fused-ring (bicyclic) bond motifs is 1. The molecule has 0 spiro atoms. The van der Waals surface area contributed by atoms with Gasteiger partial charge in [0, 0.05) is 16.9 Å². The van der Waals surface area contributed by atoms with Crippen LogP contribution < -0.4 is 10.6 Å². The molecule has 0 fully saturated rings. The lowest BCUT2D eigenvalue weighted by atomic mass is 10.2. The van der Waals surface area contributed by atoms with Crippen molar-refractivity contribution >= 4 is 79.7 Å². The molecule has 3 aromatic carbocycles. The van der Waals surface area contributed by atoms with Crippen molar-refractivity contribution in [2.75, 3.05) is 16.4 Å². The molecule has 0 aliphatic heterocycles. The van der Waals surface area contributed by atoms with Crippen molar-refractivity contribution in [1.29, 1.82) is 0 Å². The van der Waals surface area contributed by atoms with Crippen molar-refractivity contribution in [3.63, 3.8) is 0 Å². The van der Waals surface area contributed by atoms with Gasteiger partial charge in [-0.1, -0.05) is 41.0 Å². The molecule has 0 aliphatic carbocycles. The van der Waals surface area contributed by atoms with Gasteiger partial charge in [-0.05, 0) is 54.6 Å². The molecular weight excluding hydrogens is 542 g/mol. The summed E-state index contributed by atoms with van der Waals surface area (Å²) in [4.78, 5) is 29.1. The molecule has 0 atom stereocenters. The Hall–Kier alpha value is -2.79. The first-order chi connectivity index (χ1) is 16.6. The zero-order valence-electron chi connectivity index (χ0n) is 17.5. The van der Waals surface area contributed by atoms with Gasteiger partial charge in [0.2, 0.25) is 5.91 Å². The molecule has 35 heavy (non-hydrogen) atoms. The van der Waals surface area contributed by atoms with Crippen molar-refractivity contribution < 1.29 is 22.8 Å². The van der Waals surface area contributed by atoms with Crippen molar-refractivity contribution in [3.8, 4) is 0 Å². The number of alkyl halides is 3. The van der Waals surface area contributed by atoms with E-state index in [4.69, 9.17) is 23.2 Å². The van der Waals surface area contributed by atoms with Gasteiger partial charge in [-0.2, -0.15) is 13.2 Å². The first-order valence-corrected chi connectivity index (χ1v) is 12.4. The van der Waals surface area contributed by atoms with Crippen molar-refractivity contribution in [2.24, 2.45) is 0 Å². The van der Waals surface area contributed by atoms with Gasteiger partial charge in [-0.15, -0.1) is 11.3 Å². The van der Waals surface area contributed by atoms with E-state index in [1.807, 2.05) is 0 Å². The molecule has 180 valence electrons. The van der Waals surface area contributed by atoms with E-state index in [1.165, 1.54) is 35.6 Å². The second-order valence-corrected chi connectivity index (χ2v) is 10.2. The first-order valence-electron chi connectivity index (χ1n) is 9.85. The van der Waals surface area contributed by atoms with E-state index in [0.29, 0.717) is 26.1 Å². The average Bonchev–Trinajstić information content (AvgIpc) is 3.21. The molecule has 1 aromatic heterocycles. The summed E-state index contributed by atoms with van der Waals surface area (Å²) >= 11 is 14.3. The van der Waals surface area contributed by atoms with E-state index in [2.05, 4.69) is 15.6 Å². The Kier molecular flexibility index (Phi) is 7.56. The van der Waals surface area contributed by atoms with Crippen LogP contribution in [0.5, 0.6) is 0 Å². The van der Waals surface area contributed by atoms with Crippen LogP contribution in [0.1, 0.15) is 15.9 Å². The maximum Gasteiger partial charge on any atom is 0.416 e. The van der Waals surface area contributed by atoms with E-state index in [1.54, 1.807) is 24.3 Å². The maximum absolute atomic E-state index is 12.8. The van der Waals surface area contributed by atoms with Crippen molar-refractivity contribution in [1.82, 2.24) is 4.98 Å². The smallest absolute Gasteiger partial charge is 0.325 e. The molecule has 0 bridgehead atoms. The highest BCUT2D eigenvalue weighted by Crippen LogP contribution is 2.33. The topological polar surface area (TPSA) is 71.1 Å². The summed E-state index contributed by atoms with van der Waals surface area (Å²) in [6, 6.07) is 14.2. The highest BCUT2D eigenvalue weighted by molar-refractivity contribution is 8.01. The Balaban J connectivity index is 1.38. The number of nitrogens with one attached hydrogen (secondary N) is 2. The van der Waals surface area contributed by atoms with Gasteiger partial charge in [0.05, 0.1) is 31.6 Å². The second kappa shape index (κ2) is 10.4. The van der Waals surface area contributed by atoms with Crippen LogP contribution in [0, 0.1) is 0 Å². The minimum atomic E-state index is -4.49. The number of rotatable bonds is 6. The number of carbonyl (C=O) groups is 2. The minimum absolute atomic E-state index is 0.0308. The number of carbonyl (C=O) groups excluding carboxylic acids is 2. The summed E-state index contributed by atoms with van der Waals surface area (Å²) in [5.74, 6) is -0.840. The Labute approximate surface area is 215 Å². The fraction of sp³-hybridized carbons (Fsp3) is 0.0870. The van der Waals surface area contributed by atoms with Crippen LogP contribution in [0.2, 0.25) is 10.0 Å². The van der Waals surface area contributed by atoms with E-state index in [9.17, 15) is 22.8 Å². The molecule has 1 heterocycles. The van der Waals surface area contributed by atoms with Gasteiger partial charge in [0.15, 0.2) is 4.34 Å². The Morgan fingerprint density at radius 3 is 2.46 bits per heavy atom. The molecule has 5 nitrogen and oxygen atoms in total. The lowest BCUT2D eigenvalue weighted by molar-refractivity contribution is -0.137. The number of aromatic nitrogens is 1. The fourth-order valence-electron chi connectivity index (χ4n) is 2.98. The van der Waals surface area contributed by atoms with Crippen molar-refractivity contribution in [2.45, 2.75) is 10.5 Å². The summed E-state index contributed by atoms with van der Waals surface area (Å²) in [5.41, 5.74) is 0.819. The molecule has 0 saturated heterocycles. The van der Waals surface area contributed by atoms with Gasteiger partial charge in [-0.3, -0.25) is 9.59 Å². The Bertz CT molecular complexity index is 1430. The number of halogens is 5. The molecule has 0 radical (unpaired) electrons. The van der Waals surface area contributed by atoms with Crippen molar-refractivity contribution in [3.05, 3.63) is 81.8 Å². The molecule has 0 saturated carbocycles. The molecule has 2 N–H and O–H groups in total. The molecule has 0 unspecified atom stereocenters. The molecule has 12 heteroatoms. The van der Waals surface area contributed by atoms with Crippen LogP contribution in [-0.2, 0) is 11.0 Å². The number of thiazole rings is 1. The summed E-state index contributed by atoms with van der Waals surface area (Å²) in [6.45, 7) is 0. The van der Waals surface area contributed by atoms with Gasteiger partial charge in [0.1, 0.15) is 0 Å². The Morgan fingerprint density at radius 2 is 1.71 bits per heavy atom. The van der Waals surface area contributed by atoms with E-state index in [-0.39, 0.29) is 22.4 Å². The number of hydrogen-bond acceptors (Lipinski definition) is 5. The number of anilines is 2.